The number of rotatable bonds is 5. The fourth-order valence-electron chi connectivity index (χ4n) is 1.63. The monoisotopic (exact) mass is 292 g/mol. The number of halogens is 1. The molecule has 0 saturated carbocycles. The van der Waals surface area contributed by atoms with Crippen LogP contribution in [0.5, 0.6) is 11.6 Å². The molecule has 1 aromatic carbocycles. The van der Waals surface area contributed by atoms with Crippen molar-refractivity contribution >= 4 is 11.6 Å². The molecule has 0 aliphatic carbocycles. The zero-order valence-corrected chi connectivity index (χ0v) is 11.5. The van der Waals surface area contributed by atoms with Gasteiger partial charge in [0.15, 0.2) is 0 Å². The Balaban J connectivity index is 2.29. The van der Waals surface area contributed by atoms with Gasteiger partial charge in [-0.15, -0.1) is 0 Å². The molecule has 110 valence electrons. The number of hydrogen-bond acceptors (Lipinski definition) is 6. The fraction of sp³-hybridized carbons (Fsp3) is 0.231. The van der Waals surface area contributed by atoms with E-state index in [0.717, 1.165) is 6.20 Å². The van der Waals surface area contributed by atoms with Crippen molar-refractivity contribution in [1.29, 1.82) is 0 Å². The van der Waals surface area contributed by atoms with E-state index in [-0.39, 0.29) is 17.5 Å². The molecule has 0 atom stereocenters. The predicted octanol–water partition coefficient (Wildman–Crippen LogP) is 3.06. The van der Waals surface area contributed by atoms with Crippen LogP contribution in [0.3, 0.4) is 0 Å². The Morgan fingerprint density at radius 3 is 2.86 bits per heavy atom. The van der Waals surface area contributed by atoms with E-state index >= 15 is 0 Å². The van der Waals surface area contributed by atoms with E-state index in [0.29, 0.717) is 17.9 Å². The number of ether oxygens (including phenoxy) is 1. The summed E-state index contributed by atoms with van der Waals surface area (Å²) in [5, 5.41) is 13.5. The molecule has 0 aliphatic rings. The van der Waals surface area contributed by atoms with Gasteiger partial charge in [0.1, 0.15) is 5.75 Å². The maximum Gasteiger partial charge on any atom is 0.269 e. The van der Waals surface area contributed by atoms with Crippen molar-refractivity contribution in [1.82, 2.24) is 9.97 Å². The Hall–Kier alpha value is -2.77. The molecule has 0 radical (unpaired) electrons. The van der Waals surface area contributed by atoms with Crippen LogP contribution in [-0.2, 0) is 0 Å². The number of aryl methyl sites for hydroxylation is 1. The second-order valence-corrected chi connectivity index (χ2v) is 4.19. The number of nitro benzene ring substituents is 1. The van der Waals surface area contributed by atoms with Crippen LogP contribution >= 0.6 is 0 Å². The van der Waals surface area contributed by atoms with Crippen molar-refractivity contribution in [2.75, 3.05) is 11.9 Å². The summed E-state index contributed by atoms with van der Waals surface area (Å²) in [6.07, 6.45) is 1.00. The van der Waals surface area contributed by atoms with Crippen molar-refractivity contribution < 1.29 is 14.1 Å². The third-order valence-electron chi connectivity index (χ3n) is 2.62. The zero-order valence-electron chi connectivity index (χ0n) is 11.5. The third kappa shape index (κ3) is 3.41. The largest absolute Gasteiger partial charge is 0.436 e. The Labute approximate surface area is 120 Å². The molecule has 0 fully saturated rings. The fourth-order valence-corrected chi connectivity index (χ4v) is 1.63. The molecule has 0 spiro atoms. The van der Waals surface area contributed by atoms with E-state index in [4.69, 9.17) is 4.74 Å². The molecule has 2 aromatic rings. The number of non-ortho nitro benzene ring substituents is 1. The van der Waals surface area contributed by atoms with Gasteiger partial charge in [-0.1, -0.05) is 0 Å². The number of hydrogen-bond donors (Lipinski definition) is 1. The maximum absolute atomic E-state index is 13.6. The van der Waals surface area contributed by atoms with Gasteiger partial charge in [-0.05, 0) is 25.5 Å². The van der Waals surface area contributed by atoms with Gasteiger partial charge in [-0.25, -0.2) is 4.98 Å². The molecular weight excluding hydrogens is 279 g/mol. The lowest BCUT2D eigenvalue weighted by Gasteiger charge is -2.09. The van der Waals surface area contributed by atoms with Crippen LogP contribution in [0.1, 0.15) is 12.5 Å². The molecule has 2 rings (SSSR count). The van der Waals surface area contributed by atoms with Crippen LogP contribution in [0.25, 0.3) is 0 Å². The van der Waals surface area contributed by atoms with Gasteiger partial charge < -0.3 is 10.1 Å². The Morgan fingerprint density at radius 2 is 2.24 bits per heavy atom. The lowest BCUT2D eigenvalue weighted by atomic mass is 10.2. The Bertz CT molecular complexity index is 678. The average Bonchev–Trinajstić information content (AvgIpc) is 2.44. The first-order valence-corrected chi connectivity index (χ1v) is 6.20. The SMILES string of the molecule is CCNc1ncc(F)c(Oc2ccc([N+](=O)[O-])cc2C)n1. The van der Waals surface area contributed by atoms with Crippen LogP contribution in [0.4, 0.5) is 16.0 Å². The van der Waals surface area contributed by atoms with E-state index in [1.807, 2.05) is 6.92 Å². The highest BCUT2D eigenvalue weighted by Gasteiger charge is 2.13. The van der Waals surface area contributed by atoms with Crippen molar-refractivity contribution in [3.63, 3.8) is 0 Å². The highest BCUT2D eigenvalue weighted by molar-refractivity contribution is 5.44. The molecule has 0 bridgehead atoms. The van der Waals surface area contributed by atoms with Gasteiger partial charge in [-0.2, -0.15) is 9.37 Å². The first-order chi connectivity index (χ1) is 10.0. The topological polar surface area (TPSA) is 90.2 Å². The molecule has 0 amide bonds. The summed E-state index contributed by atoms with van der Waals surface area (Å²) in [6.45, 7) is 4.07. The predicted molar refractivity (Wildman–Crippen MR) is 74.1 cm³/mol. The van der Waals surface area contributed by atoms with Gasteiger partial charge in [0.05, 0.1) is 11.1 Å². The molecular formula is C13H13FN4O3. The number of nitrogens with zero attached hydrogens (tertiary/aromatic N) is 3. The van der Waals surface area contributed by atoms with E-state index in [9.17, 15) is 14.5 Å². The van der Waals surface area contributed by atoms with Gasteiger partial charge in [0.2, 0.25) is 11.8 Å². The van der Waals surface area contributed by atoms with E-state index in [2.05, 4.69) is 15.3 Å². The second kappa shape index (κ2) is 6.12. The Morgan fingerprint density at radius 1 is 1.48 bits per heavy atom. The second-order valence-electron chi connectivity index (χ2n) is 4.19. The average molecular weight is 292 g/mol. The summed E-state index contributed by atoms with van der Waals surface area (Å²) < 4.78 is 19.0. The van der Waals surface area contributed by atoms with Gasteiger partial charge in [-0.3, -0.25) is 10.1 Å². The number of nitro groups is 1. The van der Waals surface area contributed by atoms with E-state index in [1.165, 1.54) is 18.2 Å². The molecule has 1 heterocycles. The number of nitrogens with one attached hydrogen (secondary N) is 1. The standard InChI is InChI=1S/C13H13FN4O3/c1-3-15-13-16-7-10(14)12(17-13)21-11-5-4-9(18(19)20)6-8(11)2/h4-7H,3H2,1-2H3,(H,15,16,17). The van der Waals surface area contributed by atoms with Crippen LogP contribution in [-0.4, -0.2) is 21.4 Å². The van der Waals surface area contributed by atoms with Crippen LogP contribution < -0.4 is 10.1 Å². The third-order valence-corrected chi connectivity index (χ3v) is 2.62. The summed E-state index contributed by atoms with van der Waals surface area (Å²) in [5.41, 5.74) is 0.448. The molecule has 7 nitrogen and oxygen atoms in total. The minimum atomic E-state index is -0.714. The molecule has 8 heteroatoms. The Kier molecular flexibility index (Phi) is 4.27. The maximum atomic E-state index is 13.6. The normalized spacial score (nSPS) is 10.2. The van der Waals surface area contributed by atoms with Crippen molar-refractivity contribution in [3.8, 4) is 11.6 Å². The molecule has 0 saturated heterocycles. The van der Waals surface area contributed by atoms with Crippen molar-refractivity contribution in [2.24, 2.45) is 0 Å². The first kappa shape index (κ1) is 14.6. The van der Waals surface area contributed by atoms with Gasteiger partial charge >= 0.3 is 0 Å². The number of anilines is 1. The van der Waals surface area contributed by atoms with Crippen molar-refractivity contribution in [3.05, 3.63) is 45.9 Å². The van der Waals surface area contributed by atoms with Crippen LogP contribution in [0.15, 0.2) is 24.4 Å². The highest BCUT2D eigenvalue weighted by Crippen LogP contribution is 2.28. The van der Waals surface area contributed by atoms with Crippen molar-refractivity contribution in [2.45, 2.75) is 13.8 Å². The first-order valence-electron chi connectivity index (χ1n) is 6.20. The van der Waals surface area contributed by atoms with E-state index in [1.54, 1.807) is 6.92 Å². The molecule has 1 aromatic heterocycles. The van der Waals surface area contributed by atoms with E-state index < -0.39 is 10.7 Å². The zero-order chi connectivity index (χ0) is 15.4. The number of aromatic nitrogens is 2. The van der Waals surface area contributed by atoms with Crippen LogP contribution in [0.2, 0.25) is 0 Å². The summed E-state index contributed by atoms with van der Waals surface area (Å²) in [4.78, 5) is 17.8. The minimum absolute atomic E-state index is 0.0589. The van der Waals surface area contributed by atoms with Gasteiger partial charge in [0, 0.05) is 18.7 Å². The molecule has 1 N–H and O–H groups in total. The quantitative estimate of drug-likeness (QED) is 0.672. The number of benzene rings is 1. The summed E-state index contributed by atoms with van der Waals surface area (Å²) in [5.74, 6) is -0.415. The van der Waals surface area contributed by atoms with Crippen LogP contribution in [0, 0.1) is 22.9 Å². The molecule has 21 heavy (non-hydrogen) atoms. The minimum Gasteiger partial charge on any atom is -0.436 e. The summed E-state index contributed by atoms with van der Waals surface area (Å²) >= 11 is 0. The smallest absolute Gasteiger partial charge is 0.269 e. The lowest BCUT2D eigenvalue weighted by molar-refractivity contribution is -0.384. The summed E-state index contributed by atoms with van der Waals surface area (Å²) in [7, 11) is 0. The lowest BCUT2D eigenvalue weighted by Crippen LogP contribution is -2.04. The van der Waals surface area contributed by atoms with Gasteiger partial charge in [0.25, 0.3) is 11.6 Å². The highest BCUT2D eigenvalue weighted by atomic mass is 19.1. The summed E-state index contributed by atoms with van der Waals surface area (Å²) in [6, 6.07) is 4.04. The molecule has 0 aliphatic heterocycles. The molecule has 0 unspecified atom stereocenters.